The molecule has 1 aromatic carbocycles. The van der Waals surface area contributed by atoms with E-state index in [9.17, 15) is 18.0 Å². The Kier molecular flexibility index (Phi) is 4.38. The molecule has 120 valence electrons. The lowest BCUT2D eigenvalue weighted by atomic mass is 10.2. The van der Waals surface area contributed by atoms with Crippen molar-refractivity contribution >= 4 is 27.6 Å². The minimum atomic E-state index is -4.50. The summed E-state index contributed by atoms with van der Waals surface area (Å²) in [4.78, 5) is 11.9. The number of hydrogen-bond donors (Lipinski definition) is 1. The molecule has 1 aromatic heterocycles. The summed E-state index contributed by atoms with van der Waals surface area (Å²) in [5.74, 6) is -0.809. The Labute approximate surface area is 137 Å². The van der Waals surface area contributed by atoms with Crippen LogP contribution in [0.4, 0.5) is 18.9 Å². The molecule has 0 aliphatic rings. The molecule has 0 saturated carbocycles. The van der Waals surface area contributed by atoms with Gasteiger partial charge in [0.2, 0.25) is 0 Å². The Morgan fingerprint density at radius 3 is 2.57 bits per heavy atom. The topological polar surface area (TPSA) is 81.0 Å². The van der Waals surface area contributed by atoms with E-state index in [1.165, 1.54) is 16.8 Å². The fourth-order valence-electron chi connectivity index (χ4n) is 1.98. The molecule has 0 radical (unpaired) electrons. The largest absolute Gasteiger partial charge is 0.464 e. The highest BCUT2D eigenvalue weighted by molar-refractivity contribution is 9.10. The summed E-state index contributed by atoms with van der Waals surface area (Å²) in [7, 11) is 1.13. The minimum absolute atomic E-state index is 0.0113. The Bertz CT molecular complexity index is 822. The van der Waals surface area contributed by atoms with Crippen molar-refractivity contribution in [3.8, 4) is 11.8 Å². The van der Waals surface area contributed by atoms with Crippen LogP contribution in [0.15, 0.2) is 28.9 Å². The number of methoxy groups -OCH3 is 1. The van der Waals surface area contributed by atoms with E-state index in [0.717, 1.165) is 19.2 Å². The predicted molar refractivity (Wildman–Crippen MR) is 78.9 cm³/mol. The third-order valence-corrected chi connectivity index (χ3v) is 3.71. The van der Waals surface area contributed by atoms with Crippen LogP contribution in [0.2, 0.25) is 0 Å². The molecule has 5 nitrogen and oxygen atoms in total. The average molecular weight is 388 g/mol. The van der Waals surface area contributed by atoms with Gasteiger partial charge < -0.3 is 15.0 Å². The number of hydrogen-bond acceptors (Lipinski definition) is 4. The molecular weight excluding hydrogens is 379 g/mol. The maximum atomic E-state index is 12.7. The zero-order valence-electron chi connectivity index (χ0n) is 11.6. The molecule has 2 aromatic rings. The first-order valence-electron chi connectivity index (χ1n) is 6.07. The van der Waals surface area contributed by atoms with Gasteiger partial charge in [0.05, 0.1) is 29.6 Å². The lowest BCUT2D eigenvalue weighted by Gasteiger charge is -2.13. The highest BCUT2D eigenvalue weighted by Gasteiger charge is 2.31. The number of ether oxygens (including phenoxy) is 1. The van der Waals surface area contributed by atoms with Crippen molar-refractivity contribution in [2.75, 3.05) is 12.8 Å². The molecule has 23 heavy (non-hydrogen) atoms. The summed E-state index contributed by atoms with van der Waals surface area (Å²) >= 11 is 3.04. The number of carbonyl (C=O) groups excluding carboxylic acids is 1. The van der Waals surface area contributed by atoms with Crippen LogP contribution < -0.4 is 5.73 Å². The summed E-state index contributed by atoms with van der Waals surface area (Å²) < 4.78 is 44.1. The van der Waals surface area contributed by atoms with Gasteiger partial charge >= 0.3 is 12.1 Å². The normalized spacial score (nSPS) is 11.1. The highest BCUT2D eigenvalue weighted by Crippen LogP contribution is 2.35. The Morgan fingerprint density at radius 2 is 2.09 bits per heavy atom. The fourth-order valence-corrected chi connectivity index (χ4v) is 2.55. The van der Waals surface area contributed by atoms with Crippen LogP contribution in [-0.4, -0.2) is 17.6 Å². The van der Waals surface area contributed by atoms with E-state index < -0.39 is 17.7 Å². The number of nitriles is 1. The molecule has 0 unspecified atom stereocenters. The lowest BCUT2D eigenvalue weighted by Crippen LogP contribution is -2.12. The lowest BCUT2D eigenvalue weighted by molar-refractivity contribution is -0.137. The number of esters is 1. The molecule has 0 saturated heterocycles. The number of alkyl halides is 3. The second kappa shape index (κ2) is 5.96. The van der Waals surface area contributed by atoms with Gasteiger partial charge in [0, 0.05) is 10.7 Å². The third-order valence-electron chi connectivity index (χ3n) is 3.08. The number of anilines is 1. The number of rotatable bonds is 2. The van der Waals surface area contributed by atoms with Crippen molar-refractivity contribution in [3.05, 3.63) is 45.7 Å². The van der Waals surface area contributed by atoms with Crippen LogP contribution in [0.5, 0.6) is 0 Å². The standard InChI is InChI=1S/C14H9BrF3N3O2/c1-23-13(22)12-11(20)7(5-19)6-21(12)10-3-2-8(4-9(10)15)14(16,17)18/h2-4,6H,20H2,1H3. The summed E-state index contributed by atoms with van der Waals surface area (Å²) in [5.41, 5.74) is 4.87. The van der Waals surface area contributed by atoms with Crippen molar-refractivity contribution in [2.45, 2.75) is 6.18 Å². The van der Waals surface area contributed by atoms with Crippen LogP contribution in [-0.2, 0) is 10.9 Å². The van der Waals surface area contributed by atoms with Gasteiger partial charge in [-0.05, 0) is 34.1 Å². The Balaban J connectivity index is 2.68. The van der Waals surface area contributed by atoms with Gasteiger partial charge in [0.15, 0.2) is 5.69 Å². The van der Waals surface area contributed by atoms with Crippen molar-refractivity contribution in [1.29, 1.82) is 5.26 Å². The predicted octanol–water partition coefficient (Wildman–Crippen LogP) is 3.50. The van der Waals surface area contributed by atoms with Crippen LogP contribution in [0.3, 0.4) is 0 Å². The van der Waals surface area contributed by atoms with E-state index in [1.807, 2.05) is 6.07 Å². The average Bonchev–Trinajstić information content (AvgIpc) is 2.82. The minimum Gasteiger partial charge on any atom is -0.464 e. The van der Waals surface area contributed by atoms with E-state index in [1.54, 1.807) is 0 Å². The molecule has 1 heterocycles. The number of halogens is 4. The van der Waals surface area contributed by atoms with Gasteiger partial charge in [-0.25, -0.2) is 4.79 Å². The molecule has 0 fully saturated rings. The van der Waals surface area contributed by atoms with E-state index >= 15 is 0 Å². The first-order valence-corrected chi connectivity index (χ1v) is 6.86. The smallest absolute Gasteiger partial charge is 0.416 e. The summed E-state index contributed by atoms with van der Waals surface area (Å²) in [6.07, 6.45) is -3.24. The molecule has 0 aliphatic heterocycles. The highest BCUT2D eigenvalue weighted by atomic mass is 79.9. The third kappa shape index (κ3) is 3.03. The van der Waals surface area contributed by atoms with Crippen LogP contribution >= 0.6 is 15.9 Å². The summed E-state index contributed by atoms with van der Waals surface area (Å²) in [5, 5.41) is 9.02. The van der Waals surface area contributed by atoms with Crippen LogP contribution in [0.1, 0.15) is 21.6 Å². The molecule has 0 atom stereocenters. The second-order valence-corrected chi connectivity index (χ2v) is 5.30. The first kappa shape index (κ1) is 16.9. The number of nitrogens with zero attached hydrogens (tertiary/aromatic N) is 2. The molecule has 0 aliphatic carbocycles. The van der Waals surface area contributed by atoms with E-state index in [2.05, 4.69) is 20.7 Å². The molecule has 2 N–H and O–H groups in total. The van der Waals surface area contributed by atoms with Crippen molar-refractivity contribution < 1.29 is 22.7 Å². The molecule has 2 rings (SSSR count). The van der Waals surface area contributed by atoms with Gasteiger partial charge in [-0.15, -0.1) is 0 Å². The number of nitrogen functional groups attached to an aromatic ring is 1. The van der Waals surface area contributed by atoms with Crippen molar-refractivity contribution in [3.63, 3.8) is 0 Å². The monoisotopic (exact) mass is 387 g/mol. The molecule has 0 amide bonds. The fraction of sp³-hybridized carbons (Fsp3) is 0.143. The van der Waals surface area contributed by atoms with E-state index in [4.69, 9.17) is 11.0 Å². The van der Waals surface area contributed by atoms with Crippen LogP contribution in [0.25, 0.3) is 5.69 Å². The molecular formula is C14H9BrF3N3O2. The number of aromatic nitrogens is 1. The van der Waals surface area contributed by atoms with Gasteiger partial charge in [-0.2, -0.15) is 18.4 Å². The van der Waals surface area contributed by atoms with Crippen molar-refractivity contribution in [2.24, 2.45) is 0 Å². The number of nitrogens with two attached hydrogens (primary N) is 1. The zero-order chi connectivity index (χ0) is 17.4. The Hall–Kier alpha value is -2.47. The summed E-state index contributed by atoms with van der Waals surface area (Å²) in [6, 6.07) is 4.72. The van der Waals surface area contributed by atoms with Gasteiger partial charge in [-0.1, -0.05) is 0 Å². The summed E-state index contributed by atoms with van der Waals surface area (Å²) in [6.45, 7) is 0. The molecule has 0 bridgehead atoms. The maximum absolute atomic E-state index is 12.7. The Morgan fingerprint density at radius 1 is 1.43 bits per heavy atom. The van der Waals surface area contributed by atoms with E-state index in [-0.39, 0.29) is 27.1 Å². The molecule has 0 spiro atoms. The molecule has 9 heteroatoms. The van der Waals surface area contributed by atoms with Crippen LogP contribution in [0, 0.1) is 11.3 Å². The van der Waals surface area contributed by atoms with Crippen molar-refractivity contribution in [1.82, 2.24) is 4.57 Å². The number of benzene rings is 1. The number of carbonyl (C=O) groups is 1. The maximum Gasteiger partial charge on any atom is 0.416 e. The van der Waals surface area contributed by atoms with Gasteiger partial charge in [0.25, 0.3) is 0 Å². The van der Waals surface area contributed by atoms with Gasteiger partial charge in [-0.3, -0.25) is 0 Å². The van der Waals surface area contributed by atoms with E-state index in [0.29, 0.717) is 0 Å². The quantitative estimate of drug-likeness (QED) is 0.799. The SMILES string of the molecule is COC(=O)c1c(N)c(C#N)cn1-c1ccc(C(F)(F)F)cc1Br. The zero-order valence-corrected chi connectivity index (χ0v) is 13.2. The van der Waals surface area contributed by atoms with Gasteiger partial charge in [0.1, 0.15) is 6.07 Å². The second-order valence-electron chi connectivity index (χ2n) is 4.44. The first-order chi connectivity index (χ1) is 10.7.